The molecule has 0 bridgehead atoms. The molecule has 3 rings (SSSR count). The van der Waals surface area contributed by atoms with Crippen LogP contribution in [0.25, 0.3) is 0 Å². The second-order valence-corrected chi connectivity index (χ2v) is 5.28. The summed E-state index contributed by atoms with van der Waals surface area (Å²) in [6.07, 6.45) is 3.59. The molecule has 1 heterocycles. The highest BCUT2D eigenvalue weighted by molar-refractivity contribution is 5.95. The van der Waals surface area contributed by atoms with Crippen LogP contribution in [0, 0.1) is 0 Å². The fourth-order valence-electron chi connectivity index (χ4n) is 2.31. The Morgan fingerprint density at radius 2 is 1.58 bits per heavy atom. The van der Waals surface area contributed by atoms with Crippen molar-refractivity contribution in [2.45, 2.75) is 6.54 Å². The molecular weight excluding hydrogens is 298 g/mol. The first-order chi connectivity index (χ1) is 11.8. The van der Waals surface area contributed by atoms with Gasteiger partial charge in [-0.15, -0.1) is 0 Å². The van der Waals surface area contributed by atoms with Crippen molar-refractivity contribution >= 4 is 17.7 Å². The predicted octanol–water partition coefficient (Wildman–Crippen LogP) is 3.30. The quantitative estimate of drug-likeness (QED) is 0.328. The number of Topliss-reactive ketones (excluding diaryl/α,β-unsaturated/α-hetero) is 1. The van der Waals surface area contributed by atoms with E-state index < -0.39 is 0 Å². The summed E-state index contributed by atoms with van der Waals surface area (Å²) in [6.45, 7) is 0.275. The van der Waals surface area contributed by atoms with Crippen molar-refractivity contribution in [3.63, 3.8) is 0 Å². The molecule has 118 valence electrons. The maximum Gasteiger partial charge on any atom is 0.227 e. The van der Waals surface area contributed by atoms with Gasteiger partial charge in [-0.3, -0.25) is 10.2 Å². The average Bonchev–Trinajstić information content (AvgIpc) is 2.65. The van der Waals surface area contributed by atoms with Gasteiger partial charge in [0.05, 0.1) is 5.69 Å². The van der Waals surface area contributed by atoms with Gasteiger partial charge >= 0.3 is 0 Å². The van der Waals surface area contributed by atoms with E-state index >= 15 is 0 Å². The van der Waals surface area contributed by atoms with E-state index in [2.05, 4.69) is 10.5 Å². The summed E-state index contributed by atoms with van der Waals surface area (Å²) in [7, 11) is 0. The van der Waals surface area contributed by atoms with Gasteiger partial charge < -0.3 is 0 Å². The number of nitrogens with one attached hydrogen (secondary N) is 1. The van der Waals surface area contributed by atoms with Crippen LogP contribution in [0.2, 0.25) is 0 Å². The van der Waals surface area contributed by atoms with Crippen LogP contribution in [0.3, 0.4) is 0 Å². The minimum atomic E-state index is 0.0671. The predicted molar refractivity (Wildman–Crippen MR) is 95.1 cm³/mol. The third kappa shape index (κ3) is 4.14. The van der Waals surface area contributed by atoms with Crippen LogP contribution in [0.4, 0.5) is 5.69 Å². The Morgan fingerprint density at radius 3 is 2.33 bits per heavy atom. The summed E-state index contributed by atoms with van der Waals surface area (Å²) in [6, 6.07) is 24.8. The number of para-hydroxylation sites is 1. The molecule has 4 nitrogen and oxygen atoms in total. The molecular formula is C20H18N3O+. The monoisotopic (exact) mass is 316 g/mol. The van der Waals surface area contributed by atoms with Crippen molar-refractivity contribution in [2.75, 3.05) is 5.43 Å². The molecule has 1 N–H and O–H groups in total. The summed E-state index contributed by atoms with van der Waals surface area (Å²) >= 11 is 0. The van der Waals surface area contributed by atoms with Gasteiger partial charge in [0.1, 0.15) is 6.21 Å². The molecule has 1 aromatic heterocycles. The van der Waals surface area contributed by atoms with Gasteiger partial charge in [0, 0.05) is 17.7 Å². The van der Waals surface area contributed by atoms with E-state index in [4.69, 9.17) is 0 Å². The van der Waals surface area contributed by atoms with Crippen molar-refractivity contribution < 1.29 is 9.36 Å². The lowest BCUT2D eigenvalue weighted by Crippen LogP contribution is -2.41. The van der Waals surface area contributed by atoms with E-state index in [1.807, 2.05) is 89.6 Å². The third-order valence-electron chi connectivity index (χ3n) is 3.55. The van der Waals surface area contributed by atoms with E-state index in [-0.39, 0.29) is 12.3 Å². The standard InChI is InChI=1S/C20H17N3O/c24-20(17-9-3-1-4-10-17)16-23-14-8-7-13-19(23)15-21-22-18-11-5-2-6-12-18/h1-15H,16H2/p+1. The first-order valence-electron chi connectivity index (χ1n) is 7.74. The Kier molecular flexibility index (Phi) is 5.10. The van der Waals surface area contributed by atoms with Crippen LogP contribution in [-0.2, 0) is 6.54 Å². The van der Waals surface area contributed by atoms with Gasteiger partial charge in [0.2, 0.25) is 18.0 Å². The number of carbonyl (C=O) groups excluding carboxylic acids is 1. The van der Waals surface area contributed by atoms with Gasteiger partial charge in [0.15, 0.2) is 6.20 Å². The lowest BCUT2D eigenvalue weighted by Gasteiger charge is -2.01. The number of hydrogen-bond acceptors (Lipinski definition) is 3. The largest absolute Gasteiger partial charge is 0.287 e. The molecule has 0 saturated heterocycles. The molecule has 4 heteroatoms. The summed E-state index contributed by atoms with van der Waals surface area (Å²) in [4.78, 5) is 12.4. The van der Waals surface area contributed by atoms with Gasteiger partial charge in [-0.1, -0.05) is 48.5 Å². The van der Waals surface area contributed by atoms with E-state index in [0.29, 0.717) is 5.56 Å². The molecule has 0 saturated carbocycles. The summed E-state index contributed by atoms with van der Waals surface area (Å²) in [5.41, 5.74) is 5.45. The number of anilines is 1. The SMILES string of the molecule is O=C(C[n+]1ccccc1/C=N/Nc1ccccc1)c1ccccc1. The molecule has 2 aromatic carbocycles. The molecule has 3 aromatic rings. The van der Waals surface area contributed by atoms with E-state index in [1.54, 1.807) is 6.21 Å². The number of ketones is 1. The topological polar surface area (TPSA) is 45.3 Å². The molecule has 24 heavy (non-hydrogen) atoms. The van der Waals surface area contributed by atoms with Gasteiger partial charge in [-0.2, -0.15) is 9.67 Å². The van der Waals surface area contributed by atoms with Crippen LogP contribution in [-0.4, -0.2) is 12.0 Å². The Hall–Kier alpha value is -3.27. The molecule has 0 atom stereocenters. The molecule has 0 radical (unpaired) electrons. The first kappa shape index (κ1) is 15.6. The van der Waals surface area contributed by atoms with Crippen molar-refractivity contribution in [3.8, 4) is 0 Å². The number of hydrazone groups is 1. The van der Waals surface area contributed by atoms with E-state index in [0.717, 1.165) is 11.4 Å². The number of carbonyl (C=O) groups is 1. The van der Waals surface area contributed by atoms with Gasteiger partial charge in [-0.05, 0) is 18.2 Å². The summed E-state index contributed by atoms with van der Waals surface area (Å²) < 4.78 is 1.88. The molecule has 0 unspecified atom stereocenters. The highest BCUT2D eigenvalue weighted by atomic mass is 16.1. The fraction of sp³-hybridized carbons (Fsp3) is 0.0500. The normalized spacial score (nSPS) is 10.7. The first-order valence-corrected chi connectivity index (χ1v) is 7.74. The molecule has 0 spiro atoms. The molecule has 0 amide bonds. The summed E-state index contributed by atoms with van der Waals surface area (Å²) in [5.74, 6) is 0.0671. The van der Waals surface area contributed by atoms with Gasteiger partial charge in [-0.25, -0.2) is 0 Å². The molecule has 0 aliphatic rings. The van der Waals surface area contributed by atoms with Crippen LogP contribution in [0.15, 0.2) is 90.2 Å². The van der Waals surface area contributed by atoms with Crippen molar-refractivity contribution in [1.29, 1.82) is 0 Å². The third-order valence-corrected chi connectivity index (χ3v) is 3.55. The van der Waals surface area contributed by atoms with Crippen LogP contribution in [0.5, 0.6) is 0 Å². The lowest BCUT2D eigenvalue weighted by molar-refractivity contribution is -0.684. The minimum absolute atomic E-state index is 0.0671. The number of benzene rings is 2. The molecule has 0 aliphatic heterocycles. The van der Waals surface area contributed by atoms with Crippen LogP contribution in [0.1, 0.15) is 16.1 Å². The van der Waals surface area contributed by atoms with Crippen LogP contribution >= 0.6 is 0 Å². The van der Waals surface area contributed by atoms with Crippen molar-refractivity contribution in [1.82, 2.24) is 0 Å². The Labute approximate surface area is 141 Å². The Bertz CT molecular complexity index is 830. The fourth-order valence-corrected chi connectivity index (χ4v) is 2.31. The number of nitrogens with zero attached hydrogens (tertiary/aromatic N) is 2. The number of aromatic nitrogens is 1. The maximum absolute atomic E-state index is 12.4. The smallest absolute Gasteiger partial charge is 0.227 e. The summed E-state index contributed by atoms with van der Waals surface area (Å²) in [5, 5.41) is 4.25. The van der Waals surface area contributed by atoms with Crippen LogP contribution < -0.4 is 9.99 Å². The zero-order valence-corrected chi connectivity index (χ0v) is 13.2. The second-order valence-electron chi connectivity index (χ2n) is 5.28. The average molecular weight is 316 g/mol. The maximum atomic E-state index is 12.4. The molecule has 0 aliphatic carbocycles. The highest BCUT2D eigenvalue weighted by Gasteiger charge is 2.14. The minimum Gasteiger partial charge on any atom is -0.287 e. The lowest BCUT2D eigenvalue weighted by atomic mass is 10.1. The van der Waals surface area contributed by atoms with Crippen molar-refractivity contribution in [2.24, 2.45) is 5.10 Å². The number of hydrogen-bond donors (Lipinski definition) is 1. The van der Waals surface area contributed by atoms with Gasteiger partial charge in [0.25, 0.3) is 0 Å². The number of rotatable bonds is 6. The number of pyridine rings is 1. The molecule has 0 fully saturated rings. The second kappa shape index (κ2) is 7.83. The Morgan fingerprint density at radius 1 is 0.917 bits per heavy atom. The zero-order valence-electron chi connectivity index (χ0n) is 13.2. The van der Waals surface area contributed by atoms with Crippen molar-refractivity contribution in [3.05, 3.63) is 96.3 Å². The Balaban J connectivity index is 1.72. The zero-order chi connectivity index (χ0) is 16.6. The highest BCUT2D eigenvalue weighted by Crippen LogP contribution is 2.04. The van der Waals surface area contributed by atoms with E-state index in [9.17, 15) is 4.79 Å². The van der Waals surface area contributed by atoms with E-state index in [1.165, 1.54) is 0 Å².